The molecular weight excluding hydrogens is 262 g/mol. The van der Waals surface area contributed by atoms with E-state index in [0.717, 1.165) is 5.56 Å². The smallest absolute Gasteiger partial charge is 0.332 e. The molecule has 1 amide bonds. The van der Waals surface area contributed by atoms with Gasteiger partial charge in [-0.2, -0.15) is 0 Å². The fourth-order valence-corrected chi connectivity index (χ4v) is 1.43. The van der Waals surface area contributed by atoms with Gasteiger partial charge in [0.25, 0.3) is 0 Å². The van der Waals surface area contributed by atoms with E-state index in [2.05, 4.69) is 5.32 Å². The van der Waals surface area contributed by atoms with E-state index in [1.807, 2.05) is 25.1 Å². The summed E-state index contributed by atoms with van der Waals surface area (Å²) in [6.07, 6.45) is 0. The lowest BCUT2D eigenvalue weighted by Gasteiger charge is -2.07. The van der Waals surface area contributed by atoms with Crippen molar-refractivity contribution in [1.82, 2.24) is 0 Å². The molecule has 0 bridgehead atoms. The van der Waals surface area contributed by atoms with E-state index in [9.17, 15) is 9.59 Å². The fourth-order valence-electron chi connectivity index (χ4n) is 1.43. The fraction of sp³-hybridized carbons (Fsp3) is 0.429. The van der Waals surface area contributed by atoms with Gasteiger partial charge in [0.1, 0.15) is 19.8 Å². The van der Waals surface area contributed by atoms with Crippen LogP contribution in [0.2, 0.25) is 0 Å². The summed E-state index contributed by atoms with van der Waals surface area (Å²) >= 11 is 0. The average molecular weight is 281 g/mol. The first kappa shape index (κ1) is 16.1. The van der Waals surface area contributed by atoms with Crippen LogP contribution < -0.4 is 5.32 Å². The van der Waals surface area contributed by atoms with E-state index in [-0.39, 0.29) is 25.7 Å². The van der Waals surface area contributed by atoms with Gasteiger partial charge in [-0.1, -0.05) is 12.1 Å². The van der Waals surface area contributed by atoms with Gasteiger partial charge in [-0.05, 0) is 24.6 Å². The first-order chi connectivity index (χ1) is 9.61. The number of methoxy groups -OCH3 is 1. The number of ether oxygens (including phenoxy) is 3. The maximum Gasteiger partial charge on any atom is 0.332 e. The second-order valence-corrected chi connectivity index (χ2v) is 4.12. The Balaban J connectivity index is 2.18. The monoisotopic (exact) mass is 281 g/mol. The van der Waals surface area contributed by atoms with Crippen molar-refractivity contribution in [3.63, 3.8) is 0 Å². The third-order valence-corrected chi connectivity index (χ3v) is 2.31. The quantitative estimate of drug-likeness (QED) is 0.571. The number of hydrogen-bond donors (Lipinski definition) is 1. The summed E-state index contributed by atoms with van der Waals surface area (Å²) in [5.74, 6) is -0.842. The molecule has 1 rings (SSSR count). The van der Waals surface area contributed by atoms with Gasteiger partial charge in [-0.25, -0.2) is 4.79 Å². The number of anilines is 1. The molecule has 0 aliphatic heterocycles. The molecule has 0 aromatic heterocycles. The molecule has 0 saturated carbocycles. The molecule has 0 aliphatic rings. The summed E-state index contributed by atoms with van der Waals surface area (Å²) in [6.45, 7) is 1.98. The highest BCUT2D eigenvalue weighted by Crippen LogP contribution is 2.09. The third-order valence-electron chi connectivity index (χ3n) is 2.31. The summed E-state index contributed by atoms with van der Waals surface area (Å²) in [4.78, 5) is 22.7. The zero-order valence-electron chi connectivity index (χ0n) is 11.7. The molecule has 6 heteroatoms. The van der Waals surface area contributed by atoms with Gasteiger partial charge < -0.3 is 19.5 Å². The Morgan fingerprint density at radius 1 is 1.20 bits per heavy atom. The van der Waals surface area contributed by atoms with Gasteiger partial charge in [0.15, 0.2) is 0 Å². The van der Waals surface area contributed by atoms with E-state index in [0.29, 0.717) is 12.3 Å². The molecule has 1 N–H and O–H groups in total. The lowest BCUT2D eigenvalue weighted by Crippen LogP contribution is -2.22. The van der Waals surface area contributed by atoms with Crippen LogP contribution in [0, 0.1) is 6.92 Å². The maximum absolute atomic E-state index is 11.6. The van der Waals surface area contributed by atoms with Gasteiger partial charge in [0.05, 0.1) is 6.61 Å². The molecular formula is C14H19NO5. The van der Waals surface area contributed by atoms with Crippen LogP contribution in [0.15, 0.2) is 24.3 Å². The molecule has 1 aromatic carbocycles. The number of aryl methyl sites for hydroxylation is 1. The van der Waals surface area contributed by atoms with Gasteiger partial charge in [0, 0.05) is 12.8 Å². The number of esters is 1. The number of carbonyl (C=O) groups excluding carboxylic acids is 2. The van der Waals surface area contributed by atoms with Crippen molar-refractivity contribution in [2.75, 3.05) is 38.9 Å². The third kappa shape index (κ3) is 6.86. The van der Waals surface area contributed by atoms with Crippen LogP contribution in [0.3, 0.4) is 0 Å². The molecule has 0 spiro atoms. The molecule has 6 nitrogen and oxygen atoms in total. The van der Waals surface area contributed by atoms with E-state index in [1.54, 1.807) is 6.07 Å². The summed E-state index contributed by atoms with van der Waals surface area (Å²) in [6, 6.07) is 7.40. The normalized spacial score (nSPS) is 10.1. The number of carbonyl (C=O) groups is 2. The molecule has 110 valence electrons. The van der Waals surface area contributed by atoms with Crippen LogP contribution in [0.5, 0.6) is 0 Å². The van der Waals surface area contributed by atoms with Crippen LogP contribution in [-0.2, 0) is 23.8 Å². The van der Waals surface area contributed by atoms with Crippen molar-refractivity contribution in [3.8, 4) is 0 Å². The summed E-state index contributed by atoms with van der Waals surface area (Å²) in [5.41, 5.74) is 1.74. The van der Waals surface area contributed by atoms with Crippen LogP contribution in [0.1, 0.15) is 5.56 Å². The van der Waals surface area contributed by atoms with Crippen LogP contribution in [-0.4, -0.2) is 45.4 Å². The van der Waals surface area contributed by atoms with Crippen LogP contribution >= 0.6 is 0 Å². The predicted octanol–water partition coefficient (Wildman–Crippen LogP) is 1.14. The highest BCUT2D eigenvalue weighted by atomic mass is 16.6. The van der Waals surface area contributed by atoms with Crippen LogP contribution in [0.4, 0.5) is 5.69 Å². The van der Waals surface area contributed by atoms with Crippen molar-refractivity contribution in [1.29, 1.82) is 0 Å². The minimum absolute atomic E-state index is 0.175. The summed E-state index contributed by atoms with van der Waals surface area (Å²) in [7, 11) is 1.51. The zero-order valence-corrected chi connectivity index (χ0v) is 11.7. The van der Waals surface area contributed by atoms with E-state index < -0.39 is 5.97 Å². The molecule has 0 unspecified atom stereocenters. The molecule has 0 atom stereocenters. The topological polar surface area (TPSA) is 73.9 Å². The molecule has 20 heavy (non-hydrogen) atoms. The lowest BCUT2D eigenvalue weighted by atomic mass is 10.2. The summed E-state index contributed by atoms with van der Waals surface area (Å²) in [5, 5.41) is 2.67. The van der Waals surface area contributed by atoms with E-state index in [4.69, 9.17) is 14.2 Å². The largest absolute Gasteiger partial charge is 0.462 e. The molecule has 0 fully saturated rings. The van der Waals surface area contributed by atoms with Crippen molar-refractivity contribution in [2.24, 2.45) is 0 Å². The lowest BCUT2D eigenvalue weighted by molar-refractivity contribution is -0.150. The Hall–Kier alpha value is -1.92. The Labute approximate surface area is 118 Å². The molecule has 0 heterocycles. The Morgan fingerprint density at radius 2 is 2.00 bits per heavy atom. The minimum atomic E-state index is -0.523. The molecule has 0 saturated heterocycles. The SMILES string of the molecule is COCCOC(=O)COCC(=O)Nc1cccc(C)c1. The van der Waals surface area contributed by atoms with Crippen molar-refractivity contribution >= 4 is 17.6 Å². The van der Waals surface area contributed by atoms with Gasteiger partial charge in [0.2, 0.25) is 5.91 Å². The Morgan fingerprint density at radius 3 is 2.70 bits per heavy atom. The molecule has 1 aromatic rings. The highest BCUT2D eigenvalue weighted by molar-refractivity contribution is 5.91. The van der Waals surface area contributed by atoms with Gasteiger partial charge in [-0.3, -0.25) is 4.79 Å². The van der Waals surface area contributed by atoms with Gasteiger partial charge in [-0.15, -0.1) is 0 Å². The van der Waals surface area contributed by atoms with Crippen LogP contribution in [0.25, 0.3) is 0 Å². The summed E-state index contributed by atoms with van der Waals surface area (Å²) < 4.78 is 14.5. The molecule has 0 aliphatic carbocycles. The Bertz CT molecular complexity index is 447. The highest BCUT2D eigenvalue weighted by Gasteiger charge is 2.06. The second kappa shape index (κ2) is 9.06. The number of benzene rings is 1. The predicted molar refractivity (Wildman–Crippen MR) is 73.5 cm³/mol. The van der Waals surface area contributed by atoms with Gasteiger partial charge >= 0.3 is 5.97 Å². The number of amides is 1. The number of hydrogen-bond acceptors (Lipinski definition) is 5. The van der Waals surface area contributed by atoms with Crippen molar-refractivity contribution < 1.29 is 23.8 Å². The second-order valence-electron chi connectivity index (χ2n) is 4.12. The van der Waals surface area contributed by atoms with Crippen molar-refractivity contribution in [2.45, 2.75) is 6.92 Å². The minimum Gasteiger partial charge on any atom is -0.462 e. The molecule has 0 radical (unpaired) electrons. The number of rotatable bonds is 8. The first-order valence-corrected chi connectivity index (χ1v) is 6.20. The zero-order chi connectivity index (χ0) is 14.8. The standard InChI is InChI=1S/C14H19NO5/c1-11-4-3-5-12(8-11)15-13(16)9-19-10-14(17)20-7-6-18-2/h3-5,8H,6-7,9-10H2,1-2H3,(H,15,16). The van der Waals surface area contributed by atoms with E-state index in [1.165, 1.54) is 7.11 Å². The maximum atomic E-state index is 11.6. The van der Waals surface area contributed by atoms with Crippen molar-refractivity contribution in [3.05, 3.63) is 29.8 Å². The average Bonchev–Trinajstić information content (AvgIpc) is 2.39. The number of nitrogens with one attached hydrogen (secondary N) is 1. The Kier molecular flexibility index (Phi) is 7.31. The van der Waals surface area contributed by atoms with E-state index >= 15 is 0 Å². The first-order valence-electron chi connectivity index (χ1n) is 6.20.